The molecule has 3 aromatic heterocycles. The third-order valence-electron chi connectivity index (χ3n) is 3.58. The van der Waals surface area contributed by atoms with Gasteiger partial charge in [0, 0.05) is 5.02 Å². The number of amides is 1. The summed E-state index contributed by atoms with van der Waals surface area (Å²) in [4.78, 5) is 36.4. The Morgan fingerprint density at radius 3 is 2.76 bits per heavy atom. The fourth-order valence-corrected chi connectivity index (χ4v) is 3.38. The highest BCUT2D eigenvalue weighted by Gasteiger charge is 2.20. The van der Waals surface area contributed by atoms with Crippen molar-refractivity contribution in [2.75, 3.05) is 0 Å². The number of carbonyl (C=O) groups is 1. The van der Waals surface area contributed by atoms with Crippen LogP contribution in [0.3, 0.4) is 0 Å². The zero-order valence-electron chi connectivity index (χ0n) is 12.6. The van der Waals surface area contributed by atoms with Gasteiger partial charge in [0.1, 0.15) is 5.52 Å². The van der Waals surface area contributed by atoms with Gasteiger partial charge in [0.15, 0.2) is 17.2 Å². The quantitative estimate of drug-likeness (QED) is 0.577. The summed E-state index contributed by atoms with van der Waals surface area (Å²) in [5, 5.41) is 2.34. The lowest BCUT2D eigenvalue weighted by atomic mass is 10.3. The lowest BCUT2D eigenvalue weighted by Crippen LogP contribution is -2.15. The molecule has 0 aliphatic heterocycles. The van der Waals surface area contributed by atoms with E-state index in [1.54, 1.807) is 24.3 Å². The molecular weight excluding hydrogens is 362 g/mol. The number of carbonyl (C=O) groups excluding carboxylic acids is 1. The number of hydrogen-bond donors (Lipinski definition) is 2. The van der Waals surface area contributed by atoms with Crippen molar-refractivity contribution in [3.05, 3.63) is 63.0 Å². The number of imidazole rings is 1. The number of aromatic amines is 1. The Morgan fingerprint density at radius 1 is 1.24 bits per heavy atom. The minimum Gasteiger partial charge on any atom is -0.364 e. The number of fused-ring (bicyclic) bond motifs is 1. The molecule has 4 aromatic rings. The molecular formula is C16H10ClN5O2S. The highest BCUT2D eigenvalue weighted by molar-refractivity contribution is 7.13. The van der Waals surface area contributed by atoms with Crippen LogP contribution in [0.2, 0.25) is 5.02 Å². The molecule has 0 spiro atoms. The molecule has 1 amide bonds. The first-order chi connectivity index (χ1) is 12.0. The van der Waals surface area contributed by atoms with Crippen molar-refractivity contribution in [1.82, 2.24) is 19.5 Å². The Kier molecular flexibility index (Phi) is 3.63. The van der Waals surface area contributed by atoms with E-state index in [2.05, 4.69) is 15.0 Å². The summed E-state index contributed by atoms with van der Waals surface area (Å²) in [5.41, 5.74) is 5.93. The van der Waals surface area contributed by atoms with Gasteiger partial charge in [-0.25, -0.2) is 19.3 Å². The van der Waals surface area contributed by atoms with Gasteiger partial charge in [0.2, 0.25) is 0 Å². The van der Waals surface area contributed by atoms with Gasteiger partial charge < -0.3 is 10.7 Å². The molecule has 4 rings (SSSR count). The number of nitrogens with zero attached hydrogens (tertiary/aromatic N) is 3. The van der Waals surface area contributed by atoms with Crippen LogP contribution in [0.5, 0.6) is 0 Å². The lowest BCUT2D eigenvalue weighted by molar-refractivity contribution is 0.0997. The number of primary amides is 1. The second-order valence-corrected chi connectivity index (χ2v) is 6.57. The molecule has 25 heavy (non-hydrogen) atoms. The normalized spacial score (nSPS) is 11.1. The van der Waals surface area contributed by atoms with E-state index in [0.29, 0.717) is 16.5 Å². The summed E-state index contributed by atoms with van der Waals surface area (Å²) in [7, 11) is 0. The van der Waals surface area contributed by atoms with Crippen molar-refractivity contribution in [1.29, 1.82) is 0 Å². The van der Waals surface area contributed by atoms with Crippen molar-refractivity contribution in [3.8, 4) is 16.4 Å². The van der Waals surface area contributed by atoms with Crippen LogP contribution in [-0.4, -0.2) is 25.4 Å². The predicted octanol–water partition coefficient (Wildman–Crippen LogP) is 2.59. The van der Waals surface area contributed by atoms with E-state index in [9.17, 15) is 9.59 Å². The highest BCUT2D eigenvalue weighted by Crippen LogP contribution is 2.25. The van der Waals surface area contributed by atoms with Crippen molar-refractivity contribution >= 4 is 40.0 Å². The van der Waals surface area contributed by atoms with Crippen LogP contribution in [0.4, 0.5) is 0 Å². The minimum absolute atomic E-state index is 0.0359. The number of nitrogens with one attached hydrogen (secondary N) is 1. The standard InChI is InChI=1S/C16H10ClN5O2S/c17-8-3-1-4-9(7-8)22-15-12(20-16(22)24)11(13(18)23)19-14(21-15)10-5-2-6-25-10/h1-7H,(H2,18,23)(H,20,24). The fraction of sp³-hybridized carbons (Fsp3) is 0. The largest absolute Gasteiger partial charge is 0.364 e. The molecule has 3 heterocycles. The SMILES string of the molecule is NC(=O)c1nc(-c2cccs2)nc2c1[nH]c(=O)n2-c1cccc(Cl)c1. The van der Waals surface area contributed by atoms with E-state index in [-0.39, 0.29) is 16.9 Å². The molecule has 9 heteroatoms. The molecule has 7 nitrogen and oxygen atoms in total. The van der Waals surface area contributed by atoms with Gasteiger partial charge in [-0.15, -0.1) is 11.3 Å². The number of hydrogen-bond acceptors (Lipinski definition) is 5. The van der Waals surface area contributed by atoms with E-state index in [1.165, 1.54) is 15.9 Å². The number of H-pyrrole nitrogens is 1. The average molecular weight is 372 g/mol. The maximum Gasteiger partial charge on any atom is 0.332 e. The number of aromatic nitrogens is 4. The molecule has 3 N–H and O–H groups in total. The first kappa shape index (κ1) is 15.6. The summed E-state index contributed by atoms with van der Waals surface area (Å²) in [5.74, 6) is -0.421. The zero-order chi connectivity index (χ0) is 17.6. The number of rotatable bonds is 3. The number of halogens is 1. The summed E-state index contributed by atoms with van der Waals surface area (Å²) >= 11 is 7.45. The van der Waals surface area contributed by atoms with E-state index in [4.69, 9.17) is 17.3 Å². The van der Waals surface area contributed by atoms with Crippen molar-refractivity contribution < 1.29 is 4.79 Å². The summed E-state index contributed by atoms with van der Waals surface area (Å²) in [6.07, 6.45) is 0. The monoisotopic (exact) mass is 371 g/mol. The van der Waals surface area contributed by atoms with Gasteiger partial charge in [-0.05, 0) is 29.6 Å². The number of nitrogens with two attached hydrogens (primary N) is 1. The van der Waals surface area contributed by atoms with Crippen molar-refractivity contribution in [3.63, 3.8) is 0 Å². The van der Waals surface area contributed by atoms with Crippen LogP contribution >= 0.6 is 22.9 Å². The van der Waals surface area contributed by atoms with Crippen LogP contribution < -0.4 is 11.4 Å². The zero-order valence-corrected chi connectivity index (χ0v) is 14.1. The van der Waals surface area contributed by atoms with Crippen molar-refractivity contribution in [2.45, 2.75) is 0 Å². The molecule has 0 atom stereocenters. The molecule has 0 fully saturated rings. The Balaban J connectivity index is 2.09. The molecule has 0 saturated heterocycles. The fourth-order valence-electron chi connectivity index (χ4n) is 2.53. The van der Waals surface area contributed by atoms with E-state index in [1.807, 2.05) is 17.5 Å². The van der Waals surface area contributed by atoms with E-state index in [0.717, 1.165) is 4.88 Å². The number of thiophene rings is 1. The third kappa shape index (κ3) is 2.61. The van der Waals surface area contributed by atoms with Crippen LogP contribution in [-0.2, 0) is 0 Å². The van der Waals surface area contributed by atoms with Gasteiger partial charge in [-0.2, -0.15) is 0 Å². The summed E-state index contributed by atoms with van der Waals surface area (Å²) in [6.45, 7) is 0. The van der Waals surface area contributed by atoms with E-state index >= 15 is 0 Å². The smallest absolute Gasteiger partial charge is 0.332 e. The molecule has 0 bridgehead atoms. The summed E-state index contributed by atoms with van der Waals surface area (Å²) in [6, 6.07) is 10.4. The second kappa shape index (κ2) is 5.83. The third-order valence-corrected chi connectivity index (χ3v) is 4.68. The molecule has 0 aliphatic carbocycles. The van der Waals surface area contributed by atoms with Crippen LogP contribution in [0.15, 0.2) is 46.6 Å². The van der Waals surface area contributed by atoms with Crippen LogP contribution in [0.25, 0.3) is 27.6 Å². The Morgan fingerprint density at radius 2 is 2.08 bits per heavy atom. The molecule has 0 radical (unpaired) electrons. The first-order valence-corrected chi connectivity index (χ1v) is 8.43. The predicted molar refractivity (Wildman–Crippen MR) is 96.3 cm³/mol. The average Bonchev–Trinajstić information content (AvgIpc) is 3.20. The maximum absolute atomic E-state index is 12.5. The minimum atomic E-state index is -0.746. The van der Waals surface area contributed by atoms with E-state index < -0.39 is 11.6 Å². The van der Waals surface area contributed by atoms with Crippen molar-refractivity contribution in [2.24, 2.45) is 5.73 Å². The Labute approximate surface area is 149 Å². The van der Waals surface area contributed by atoms with Crippen LogP contribution in [0.1, 0.15) is 10.5 Å². The summed E-state index contributed by atoms with van der Waals surface area (Å²) < 4.78 is 1.34. The van der Waals surface area contributed by atoms with Gasteiger partial charge in [0.25, 0.3) is 5.91 Å². The van der Waals surface area contributed by atoms with Gasteiger partial charge in [0.05, 0.1) is 10.6 Å². The Hall–Kier alpha value is -2.97. The molecule has 0 unspecified atom stereocenters. The van der Waals surface area contributed by atoms with Gasteiger partial charge >= 0.3 is 5.69 Å². The molecule has 0 aliphatic rings. The van der Waals surface area contributed by atoms with Crippen LogP contribution in [0, 0.1) is 0 Å². The highest BCUT2D eigenvalue weighted by atomic mass is 35.5. The second-order valence-electron chi connectivity index (χ2n) is 5.18. The van der Waals surface area contributed by atoms with Gasteiger partial charge in [-0.1, -0.05) is 23.7 Å². The van der Waals surface area contributed by atoms with Gasteiger partial charge in [-0.3, -0.25) is 4.79 Å². The number of benzene rings is 1. The topological polar surface area (TPSA) is 107 Å². The Bertz CT molecular complexity index is 1160. The molecule has 124 valence electrons. The molecule has 1 aromatic carbocycles. The molecule has 0 saturated carbocycles. The maximum atomic E-state index is 12.5. The first-order valence-electron chi connectivity index (χ1n) is 7.17. The lowest BCUT2D eigenvalue weighted by Gasteiger charge is -2.05.